The fraction of sp³-hybridized carbons (Fsp3) is 0.667. The Morgan fingerprint density at radius 1 is 1.64 bits per heavy atom. The van der Waals surface area contributed by atoms with Gasteiger partial charge in [-0.25, -0.2) is 0 Å². The van der Waals surface area contributed by atoms with Gasteiger partial charge in [0.2, 0.25) is 0 Å². The average Bonchev–Trinajstić information content (AvgIpc) is 2.33. The lowest BCUT2D eigenvalue weighted by Gasteiger charge is -2.18. The lowest BCUT2D eigenvalue weighted by Crippen LogP contribution is -2.33. The van der Waals surface area contributed by atoms with Crippen LogP contribution in [0.2, 0.25) is 0 Å². The molecule has 0 aromatic heterocycles. The summed E-state index contributed by atoms with van der Waals surface area (Å²) in [7, 11) is 0. The Labute approximate surface area is 67.7 Å². The number of hydrogen-bond donors (Lipinski definition) is 1. The molecule has 0 radical (unpaired) electrons. The van der Waals surface area contributed by atoms with Crippen molar-refractivity contribution >= 4 is 5.78 Å². The Bertz CT molecular complexity index is 178. The third kappa shape index (κ3) is 2.46. The van der Waals surface area contributed by atoms with Gasteiger partial charge in [-0.15, -0.1) is 0 Å². The van der Waals surface area contributed by atoms with Crippen LogP contribution in [0.5, 0.6) is 0 Å². The Balaban J connectivity index is 2.52. The van der Waals surface area contributed by atoms with E-state index in [0.29, 0.717) is 0 Å². The number of hydrogen-bond acceptors (Lipinski definition) is 2. The molecule has 62 valence electrons. The molecule has 1 heterocycles. The highest BCUT2D eigenvalue weighted by atomic mass is 16.1. The van der Waals surface area contributed by atoms with Crippen LogP contribution in [-0.4, -0.2) is 17.9 Å². The third-order valence-electron chi connectivity index (χ3n) is 2.09. The van der Waals surface area contributed by atoms with E-state index in [9.17, 15) is 4.79 Å². The molecule has 1 aliphatic rings. The number of carbonyl (C=O) groups excluding carboxylic acids is 1. The molecule has 0 bridgehead atoms. The summed E-state index contributed by atoms with van der Waals surface area (Å²) < 4.78 is 0. The molecular formula is C9H15NO. The van der Waals surface area contributed by atoms with Gasteiger partial charge in [-0.1, -0.05) is 6.08 Å². The number of rotatable bonds is 2. The first-order valence-corrected chi connectivity index (χ1v) is 4.07. The minimum absolute atomic E-state index is 0.0751. The second-order valence-electron chi connectivity index (χ2n) is 3.39. The van der Waals surface area contributed by atoms with E-state index in [1.54, 1.807) is 13.0 Å². The predicted molar refractivity (Wildman–Crippen MR) is 45.5 cm³/mol. The molecule has 11 heavy (non-hydrogen) atoms. The summed E-state index contributed by atoms with van der Waals surface area (Å²) in [5, 5.41) is 3.35. The van der Waals surface area contributed by atoms with E-state index in [1.165, 1.54) is 6.42 Å². The van der Waals surface area contributed by atoms with E-state index in [2.05, 4.69) is 12.2 Å². The number of carbonyl (C=O) groups is 1. The lowest BCUT2D eigenvalue weighted by molar-refractivity contribution is -0.112. The zero-order valence-corrected chi connectivity index (χ0v) is 7.18. The molecule has 1 fully saturated rings. The maximum Gasteiger partial charge on any atom is 0.152 e. The van der Waals surface area contributed by atoms with Crippen LogP contribution in [0.4, 0.5) is 0 Å². The summed E-state index contributed by atoms with van der Waals surface area (Å²) in [5.74, 6) is 0.125. The molecule has 0 spiro atoms. The molecule has 1 rings (SSSR count). The van der Waals surface area contributed by atoms with Crippen molar-refractivity contribution in [3.05, 3.63) is 12.2 Å². The van der Waals surface area contributed by atoms with Crippen LogP contribution in [0.15, 0.2) is 12.2 Å². The van der Waals surface area contributed by atoms with E-state index in [4.69, 9.17) is 0 Å². The standard InChI is InChI=1S/C9H15NO/c1-8(11)4-6-9(2)5-3-7-10-9/h4,6,10H,3,5,7H2,1-2H3/b6-4+/t9-/m1/s1. The van der Waals surface area contributed by atoms with Crippen molar-refractivity contribution in [3.8, 4) is 0 Å². The minimum atomic E-state index is 0.0751. The van der Waals surface area contributed by atoms with Crippen LogP contribution in [0.25, 0.3) is 0 Å². The van der Waals surface area contributed by atoms with Gasteiger partial charge in [-0.05, 0) is 39.3 Å². The highest BCUT2D eigenvalue weighted by Crippen LogP contribution is 2.19. The van der Waals surface area contributed by atoms with Crippen LogP contribution in [0.3, 0.4) is 0 Å². The van der Waals surface area contributed by atoms with Crippen molar-refractivity contribution in [1.82, 2.24) is 5.32 Å². The summed E-state index contributed by atoms with van der Waals surface area (Å²) in [6, 6.07) is 0. The third-order valence-corrected chi connectivity index (χ3v) is 2.09. The predicted octanol–water partition coefficient (Wildman–Crippen LogP) is 1.27. The Morgan fingerprint density at radius 3 is 2.82 bits per heavy atom. The monoisotopic (exact) mass is 153 g/mol. The first-order valence-electron chi connectivity index (χ1n) is 4.07. The second kappa shape index (κ2) is 3.18. The zero-order valence-electron chi connectivity index (χ0n) is 7.18. The number of nitrogens with one attached hydrogen (secondary N) is 1. The van der Waals surface area contributed by atoms with Gasteiger partial charge in [0.15, 0.2) is 5.78 Å². The molecule has 0 unspecified atom stereocenters. The van der Waals surface area contributed by atoms with Gasteiger partial charge >= 0.3 is 0 Å². The van der Waals surface area contributed by atoms with Gasteiger partial charge in [0.05, 0.1) is 0 Å². The first-order chi connectivity index (χ1) is 5.12. The van der Waals surface area contributed by atoms with E-state index < -0.39 is 0 Å². The van der Waals surface area contributed by atoms with Crippen LogP contribution in [-0.2, 0) is 4.79 Å². The van der Waals surface area contributed by atoms with Crippen molar-refractivity contribution in [3.63, 3.8) is 0 Å². The quantitative estimate of drug-likeness (QED) is 0.605. The summed E-state index contributed by atoms with van der Waals surface area (Å²) >= 11 is 0. The molecule has 1 aliphatic heterocycles. The van der Waals surface area contributed by atoms with E-state index >= 15 is 0 Å². The van der Waals surface area contributed by atoms with Gasteiger partial charge in [-0.2, -0.15) is 0 Å². The maximum absolute atomic E-state index is 10.6. The highest BCUT2D eigenvalue weighted by molar-refractivity contribution is 5.87. The van der Waals surface area contributed by atoms with Gasteiger partial charge in [0.25, 0.3) is 0 Å². The maximum atomic E-state index is 10.6. The fourth-order valence-electron chi connectivity index (χ4n) is 1.36. The van der Waals surface area contributed by atoms with Crippen molar-refractivity contribution in [2.45, 2.75) is 32.2 Å². The molecule has 0 amide bonds. The van der Waals surface area contributed by atoms with Crippen molar-refractivity contribution in [1.29, 1.82) is 0 Å². The molecule has 1 saturated heterocycles. The minimum Gasteiger partial charge on any atom is -0.308 e. The molecule has 0 aromatic carbocycles. The molecule has 1 N–H and O–H groups in total. The highest BCUT2D eigenvalue weighted by Gasteiger charge is 2.24. The van der Waals surface area contributed by atoms with Gasteiger partial charge in [0, 0.05) is 5.54 Å². The van der Waals surface area contributed by atoms with Crippen LogP contribution in [0.1, 0.15) is 26.7 Å². The van der Waals surface area contributed by atoms with Crippen molar-refractivity contribution in [2.24, 2.45) is 0 Å². The molecule has 2 nitrogen and oxygen atoms in total. The largest absolute Gasteiger partial charge is 0.308 e. The molecule has 0 aliphatic carbocycles. The Morgan fingerprint density at radius 2 is 2.36 bits per heavy atom. The van der Waals surface area contributed by atoms with E-state index in [0.717, 1.165) is 13.0 Å². The zero-order chi connectivity index (χ0) is 8.32. The van der Waals surface area contributed by atoms with Crippen molar-refractivity contribution in [2.75, 3.05) is 6.54 Å². The molecular weight excluding hydrogens is 138 g/mol. The van der Waals surface area contributed by atoms with Gasteiger partial charge < -0.3 is 5.32 Å². The molecule has 1 atom stereocenters. The smallest absolute Gasteiger partial charge is 0.152 e. The summed E-state index contributed by atoms with van der Waals surface area (Å²) in [5.41, 5.74) is 0.0751. The number of allylic oxidation sites excluding steroid dienone is 1. The normalized spacial score (nSPS) is 31.5. The Hall–Kier alpha value is -0.630. The molecule has 0 saturated carbocycles. The molecule has 2 heteroatoms. The van der Waals surface area contributed by atoms with E-state index in [-0.39, 0.29) is 11.3 Å². The second-order valence-corrected chi connectivity index (χ2v) is 3.39. The van der Waals surface area contributed by atoms with E-state index in [1.807, 2.05) is 6.08 Å². The molecule has 0 aromatic rings. The first kappa shape index (κ1) is 8.47. The Kier molecular flexibility index (Phi) is 2.45. The van der Waals surface area contributed by atoms with Crippen molar-refractivity contribution < 1.29 is 4.79 Å². The fourth-order valence-corrected chi connectivity index (χ4v) is 1.36. The summed E-state index contributed by atoms with van der Waals surface area (Å²) in [6.07, 6.45) is 5.97. The topological polar surface area (TPSA) is 29.1 Å². The summed E-state index contributed by atoms with van der Waals surface area (Å²) in [4.78, 5) is 10.6. The SMILES string of the molecule is CC(=O)/C=C/[C@@]1(C)CCCN1. The van der Waals surface area contributed by atoms with Gasteiger partial charge in [0.1, 0.15) is 0 Å². The van der Waals surface area contributed by atoms with Gasteiger partial charge in [-0.3, -0.25) is 4.79 Å². The van der Waals surface area contributed by atoms with Crippen LogP contribution in [0, 0.1) is 0 Å². The van der Waals surface area contributed by atoms with Crippen LogP contribution < -0.4 is 5.32 Å². The number of ketones is 1. The average molecular weight is 153 g/mol. The lowest BCUT2D eigenvalue weighted by atomic mass is 9.99. The summed E-state index contributed by atoms with van der Waals surface area (Å²) in [6.45, 7) is 4.77. The van der Waals surface area contributed by atoms with Crippen LogP contribution >= 0.6 is 0 Å².